The van der Waals surface area contributed by atoms with Crippen molar-refractivity contribution in [2.45, 2.75) is 31.3 Å². The number of esters is 1. The number of hydrogen-bond donors (Lipinski definition) is 1. The average Bonchev–Trinajstić information content (AvgIpc) is 3.54. The van der Waals surface area contributed by atoms with Gasteiger partial charge in [0.15, 0.2) is 6.61 Å². The first-order valence-electron chi connectivity index (χ1n) is 11.5. The predicted molar refractivity (Wildman–Crippen MR) is 130 cm³/mol. The molecule has 3 aromatic rings. The van der Waals surface area contributed by atoms with Crippen molar-refractivity contribution < 1.29 is 23.9 Å². The van der Waals surface area contributed by atoms with Crippen LogP contribution in [0.5, 0.6) is 5.75 Å². The van der Waals surface area contributed by atoms with Crippen LogP contribution >= 0.6 is 0 Å². The Hall–Kier alpha value is -4.20. The number of methoxy groups -OCH3 is 1. The standard InChI is InChI=1S/C27H25N3O5/c1-34-21-10-8-18(9-11-21)24-15-23(20-7-6-17-4-2-3-5-19(17)14-20)29-30(24)26(32)16-35-27(33)22-12-13-25(31)28-22/h2-11,14,22,24H,12-13,15-16H2,1H3,(H,28,31)/t22-,24+/m1/s1. The van der Waals surface area contributed by atoms with Gasteiger partial charge in [-0.15, -0.1) is 0 Å². The number of hydrazone groups is 1. The molecule has 2 aliphatic heterocycles. The van der Waals surface area contributed by atoms with Crippen LogP contribution in [0.25, 0.3) is 10.8 Å². The lowest BCUT2D eigenvalue weighted by Crippen LogP contribution is -2.37. The molecule has 0 spiro atoms. The molecule has 0 saturated carbocycles. The molecular formula is C27H25N3O5. The van der Waals surface area contributed by atoms with Crippen LogP contribution in [0, 0.1) is 0 Å². The van der Waals surface area contributed by atoms with E-state index >= 15 is 0 Å². The predicted octanol–water partition coefficient (Wildman–Crippen LogP) is 3.35. The zero-order valence-corrected chi connectivity index (χ0v) is 19.3. The average molecular weight is 472 g/mol. The van der Waals surface area contributed by atoms with Gasteiger partial charge in [0.2, 0.25) is 5.91 Å². The van der Waals surface area contributed by atoms with E-state index in [4.69, 9.17) is 9.47 Å². The van der Waals surface area contributed by atoms with E-state index < -0.39 is 24.5 Å². The highest BCUT2D eigenvalue weighted by Crippen LogP contribution is 2.34. The number of rotatable bonds is 6. The van der Waals surface area contributed by atoms with Crippen molar-refractivity contribution in [2.24, 2.45) is 5.10 Å². The second kappa shape index (κ2) is 9.58. The van der Waals surface area contributed by atoms with Crippen LogP contribution < -0.4 is 10.1 Å². The Morgan fingerprint density at radius 3 is 2.54 bits per heavy atom. The van der Waals surface area contributed by atoms with Crippen molar-refractivity contribution >= 4 is 34.3 Å². The molecular weight excluding hydrogens is 446 g/mol. The molecule has 0 bridgehead atoms. The smallest absolute Gasteiger partial charge is 0.329 e. The molecule has 1 saturated heterocycles. The molecule has 178 valence electrons. The van der Waals surface area contributed by atoms with Crippen molar-refractivity contribution in [3.05, 3.63) is 77.9 Å². The van der Waals surface area contributed by atoms with E-state index in [9.17, 15) is 14.4 Å². The number of carbonyl (C=O) groups is 3. The molecule has 0 aliphatic carbocycles. The summed E-state index contributed by atoms with van der Waals surface area (Å²) in [6, 6.07) is 20.6. The topological polar surface area (TPSA) is 97.3 Å². The minimum absolute atomic E-state index is 0.193. The Morgan fingerprint density at radius 2 is 1.83 bits per heavy atom. The van der Waals surface area contributed by atoms with Gasteiger partial charge in [-0.3, -0.25) is 9.59 Å². The first-order valence-corrected chi connectivity index (χ1v) is 11.5. The van der Waals surface area contributed by atoms with Gasteiger partial charge >= 0.3 is 5.97 Å². The monoisotopic (exact) mass is 471 g/mol. The third-order valence-corrected chi connectivity index (χ3v) is 6.37. The molecule has 1 fully saturated rings. The molecule has 2 atom stereocenters. The van der Waals surface area contributed by atoms with Crippen LogP contribution in [0.4, 0.5) is 0 Å². The number of amides is 2. The molecule has 5 rings (SSSR count). The van der Waals surface area contributed by atoms with Gasteiger partial charge in [0.05, 0.1) is 18.9 Å². The Bertz CT molecular complexity index is 1320. The summed E-state index contributed by atoms with van der Waals surface area (Å²) >= 11 is 0. The Morgan fingerprint density at radius 1 is 1.06 bits per heavy atom. The molecule has 8 heteroatoms. The summed E-state index contributed by atoms with van der Waals surface area (Å²) in [6.45, 7) is -0.452. The maximum atomic E-state index is 13.2. The zero-order valence-electron chi connectivity index (χ0n) is 19.3. The van der Waals surface area contributed by atoms with Crippen LogP contribution in [0.2, 0.25) is 0 Å². The van der Waals surface area contributed by atoms with Gasteiger partial charge in [0, 0.05) is 12.8 Å². The summed E-state index contributed by atoms with van der Waals surface area (Å²) < 4.78 is 10.5. The highest BCUT2D eigenvalue weighted by Gasteiger charge is 2.35. The number of hydrogen-bond acceptors (Lipinski definition) is 6. The molecule has 35 heavy (non-hydrogen) atoms. The van der Waals surface area contributed by atoms with E-state index in [1.54, 1.807) is 7.11 Å². The molecule has 0 radical (unpaired) electrons. The van der Waals surface area contributed by atoms with Crippen LogP contribution in [0.3, 0.4) is 0 Å². The van der Waals surface area contributed by atoms with Gasteiger partial charge in [-0.25, -0.2) is 9.80 Å². The summed E-state index contributed by atoms with van der Waals surface area (Å²) in [4.78, 5) is 36.8. The normalized spacial score (nSPS) is 19.4. The number of carbonyl (C=O) groups excluding carboxylic acids is 3. The number of fused-ring (bicyclic) bond motifs is 1. The molecule has 2 amide bonds. The van der Waals surface area contributed by atoms with Crippen LogP contribution in [-0.2, 0) is 19.1 Å². The van der Waals surface area contributed by atoms with Gasteiger partial charge in [0.1, 0.15) is 11.8 Å². The van der Waals surface area contributed by atoms with Crippen LogP contribution in [0.15, 0.2) is 71.8 Å². The Labute approximate surface area is 202 Å². The summed E-state index contributed by atoms with van der Waals surface area (Å²) in [5.41, 5.74) is 2.61. The van der Waals surface area contributed by atoms with Crippen molar-refractivity contribution in [3.8, 4) is 5.75 Å². The van der Waals surface area contributed by atoms with E-state index in [1.165, 1.54) is 5.01 Å². The summed E-state index contributed by atoms with van der Waals surface area (Å²) in [6.07, 6.45) is 1.16. The number of benzene rings is 3. The van der Waals surface area contributed by atoms with Crippen molar-refractivity contribution in [1.29, 1.82) is 0 Å². The van der Waals surface area contributed by atoms with E-state index in [1.807, 2.05) is 60.7 Å². The molecule has 0 unspecified atom stereocenters. The van der Waals surface area contributed by atoms with Gasteiger partial charge in [0.25, 0.3) is 5.91 Å². The lowest BCUT2D eigenvalue weighted by atomic mass is 9.97. The summed E-state index contributed by atoms with van der Waals surface area (Å²) in [5, 5.41) is 10.8. The molecule has 2 aliphatic rings. The van der Waals surface area contributed by atoms with Crippen LogP contribution in [0.1, 0.15) is 36.4 Å². The van der Waals surface area contributed by atoms with E-state index in [-0.39, 0.29) is 18.4 Å². The summed E-state index contributed by atoms with van der Waals surface area (Å²) in [5.74, 6) is -0.516. The first-order chi connectivity index (χ1) is 17.0. The largest absolute Gasteiger partial charge is 0.497 e. The fourth-order valence-corrected chi connectivity index (χ4v) is 4.46. The van der Waals surface area contributed by atoms with Crippen molar-refractivity contribution in [1.82, 2.24) is 10.3 Å². The van der Waals surface area contributed by atoms with Gasteiger partial charge in [-0.2, -0.15) is 5.10 Å². The lowest BCUT2D eigenvalue weighted by Gasteiger charge is -2.22. The summed E-state index contributed by atoms with van der Waals surface area (Å²) in [7, 11) is 1.60. The second-order valence-corrected chi connectivity index (χ2v) is 8.61. The molecule has 8 nitrogen and oxygen atoms in total. The maximum Gasteiger partial charge on any atom is 0.329 e. The number of nitrogens with zero attached hydrogens (tertiary/aromatic N) is 2. The fraction of sp³-hybridized carbons (Fsp3) is 0.259. The minimum atomic E-state index is -0.706. The first kappa shape index (κ1) is 22.6. The maximum absolute atomic E-state index is 13.2. The van der Waals surface area contributed by atoms with Gasteiger partial charge in [-0.1, -0.05) is 48.5 Å². The third kappa shape index (κ3) is 4.73. The van der Waals surface area contributed by atoms with E-state index in [2.05, 4.69) is 16.5 Å². The molecule has 2 heterocycles. The Balaban J connectivity index is 1.39. The van der Waals surface area contributed by atoms with E-state index in [0.29, 0.717) is 18.6 Å². The molecule has 1 N–H and O–H groups in total. The molecule has 3 aromatic carbocycles. The Kier molecular flexibility index (Phi) is 6.18. The van der Waals surface area contributed by atoms with Gasteiger partial charge < -0.3 is 14.8 Å². The van der Waals surface area contributed by atoms with Crippen molar-refractivity contribution in [2.75, 3.05) is 13.7 Å². The lowest BCUT2D eigenvalue weighted by molar-refractivity contribution is -0.154. The highest BCUT2D eigenvalue weighted by atomic mass is 16.5. The van der Waals surface area contributed by atoms with Crippen LogP contribution in [-0.4, -0.2) is 48.3 Å². The quantitative estimate of drug-likeness (QED) is 0.556. The van der Waals surface area contributed by atoms with Crippen molar-refractivity contribution in [3.63, 3.8) is 0 Å². The van der Waals surface area contributed by atoms with Gasteiger partial charge in [-0.05, 0) is 46.5 Å². The number of nitrogens with one attached hydrogen (secondary N) is 1. The minimum Gasteiger partial charge on any atom is -0.497 e. The highest BCUT2D eigenvalue weighted by molar-refractivity contribution is 6.05. The molecule has 0 aromatic heterocycles. The second-order valence-electron chi connectivity index (χ2n) is 8.61. The zero-order chi connectivity index (χ0) is 24.4. The number of ether oxygens (including phenoxy) is 2. The van der Waals surface area contributed by atoms with E-state index in [0.717, 1.165) is 27.6 Å². The third-order valence-electron chi connectivity index (χ3n) is 6.37. The fourth-order valence-electron chi connectivity index (χ4n) is 4.46. The SMILES string of the molecule is COc1ccc([C@@H]2CC(c3ccc4ccccc4c3)=NN2C(=O)COC(=O)[C@H]2CCC(=O)N2)cc1.